The molecule has 1 aliphatic heterocycles. The lowest BCUT2D eigenvalue weighted by Gasteiger charge is -2.62. The van der Waals surface area contributed by atoms with Crippen LogP contribution in [0, 0.1) is 23.7 Å². The largest absolute Gasteiger partial charge is 0.455 e. The molecule has 0 amide bonds. The zero-order valence-electron chi connectivity index (χ0n) is 8.87. The van der Waals surface area contributed by atoms with Crippen LogP contribution >= 0.6 is 0 Å². The molecule has 2 heteroatoms. The predicted molar refractivity (Wildman–Crippen MR) is 55.0 cm³/mol. The summed E-state index contributed by atoms with van der Waals surface area (Å²) in [5, 5.41) is 0. The van der Waals surface area contributed by atoms with Gasteiger partial charge in [0, 0.05) is 12.0 Å². The summed E-state index contributed by atoms with van der Waals surface area (Å²) in [6.07, 6.45) is 6.01. The first-order chi connectivity index (χ1) is 7.18. The van der Waals surface area contributed by atoms with Crippen LogP contribution in [0.25, 0.3) is 0 Å². The summed E-state index contributed by atoms with van der Waals surface area (Å²) in [4.78, 5) is 11.5. The van der Waals surface area contributed by atoms with Gasteiger partial charge in [0.2, 0.25) is 0 Å². The van der Waals surface area contributed by atoms with Crippen molar-refractivity contribution in [1.29, 1.82) is 0 Å². The fourth-order valence-electron chi connectivity index (χ4n) is 4.69. The second kappa shape index (κ2) is 2.31. The van der Waals surface area contributed by atoms with Gasteiger partial charge in [0.1, 0.15) is 5.60 Å². The molecule has 0 unspecified atom stereocenters. The highest BCUT2D eigenvalue weighted by Crippen LogP contribution is 2.66. The van der Waals surface area contributed by atoms with Gasteiger partial charge in [-0.05, 0) is 49.4 Å². The molecule has 0 aromatic carbocycles. The molecule has 6 fully saturated rings. The van der Waals surface area contributed by atoms with Crippen LogP contribution in [0.1, 0.15) is 32.1 Å². The van der Waals surface area contributed by atoms with Crippen molar-refractivity contribution in [3.05, 3.63) is 12.2 Å². The maximum Gasteiger partial charge on any atom is 0.334 e. The molecule has 1 heterocycles. The monoisotopic (exact) mass is 204 g/mol. The van der Waals surface area contributed by atoms with Gasteiger partial charge in [-0.2, -0.15) is 0 Å². The highest BCUT2D eigenvalue weighted by atomic mass is 16.6. The Balaban J connectivity index is 1.69. The smallest absolute Gasteiger partial charge is 0.334 e. The Morgan fingerprint density at radius 1 is 1.27 bits per heavy atom. The summed E-state index contributed by atoms with van der Waals surface area (Å²) >= 11 is 0. The molecule has 4 bridgehead atoms. The molecule has 0 N–H and O–H groups in total. The van der Waals surface area contributed by atoms with Gasteiger partial charge in [0.25, 0.3) is 0 Å². The van der Waals surface area contributed by atoms with Crippen molar-refractivity contribution in [2.45, 2.75) is 37.7 Å². The molecule has 3 atom stereocenters. The van der Waals surface area contributed by atoms with Crippen molar-refractivity contribution in [2.75, 3.05) is 0 Å². The molecule has 1 saturated heterocycles. The molecule has 6 aliphatic rings. The van der Waals surface area contributed by atoms with Crippen molar-refractivity contribution >= 4 is 5.97 Å². The van der Waals surface area contributed by atoms with E-state index in [0.717, 1.165) is 30.6 Å². The molecule has 1 spiro atoms. The Bertz CT molecular complexity index is 343. The predicted octanol–water partition coefficient (Wildman–Crippen LogP) is 2.29. The van der Waals surface area contributed by atoms with Crippen LogP contribution in [-0.2, 0) is 9.53 Å². The highest BCUT2D eigenvalue weighted by Gasteiger charge is 2.63. The number of hydrogen-bond acceptors (Lipinski definition) is 2. The second-order valence-corrected chi connectivity index (χ2v) is 6.03. The summed E-state index contributed by atoms with van der Waals surface area (Å²) in [5.74, 6) is 3.32. The third kappa shape index (κ3) is 0.849. The Hall–Kier alpha value is -0.790. The second-order valence-electron chi connectivity index (χ2n) is 6.03. The van der Waals surface area contributed by atoms with E-state index in [2.05, 4.69) is 6.58 Å². The lowest BCUT2D eigenvalue weighted by atomic mass is 9.44. The lowest BCUT2D eigenvalue weighted by Crippen LogP contribution is -2.59. The van der Waals surface area contributed by atoms with Crippen LogP contribution in [0.4, 0.5) is 0 Å². The minimum Gasteiger partial charge on any atom is -0.455 e. The minimum absolute atomic E-state index is 0.105. The molecule has 0 radical (unpaired) electrons. The van der Waals surface area contributed by atoms with Crippen LogP contribution in [0.15, 0.2) is 12.2 Å². The first-order valence-electron chi connectivity index (χ1n) is 6.09. The van der Waals surface area contributed by atoms with Crippen LogP contribution in [0.2, 0.25) is 0 Å². The Morgan fingerprint density at radius 3 is 2.47 bits per heavy atom. The van der Waals surface area contributed by atoms with Crippen molar-refractivity contribution in [1.82, 2.24) is 0 Å². The van der Waals surface area contributed by atoms with Crippen molar-refractivity contribution in [3.8, 4) is 0 Å². The van der Waals surface area contributed by atoms with E-state index in [1.165, 1.54) is 19.3 Å². The topological polar surface area (TPSA) is 26.3 Å². The SMILES string of the molecule is C=C1C[C@]2(CC3[C@H]4CC2C[C@H]3C4)OC1=O. The molecule has 2 nitrogen and oxygen atoms in total. The average Bonchev–Trinajstić information content (AvgIpc) is 2.51. The summed E-state index contributed by atoms with van der Waals surface area (Å²) in [6.45, 7) is 3.82. The molecule has 5 aliphatic carbocycles. The number of esters is 1. The van der Waals surface area contributed by atoms with Crippen LogP contribution in [0.3, 0.4) is 0 Å². The van der Waals surface area contributed by atoms with E-state index in [-0.39, 0.29) is 11.6 Å². The maximum absolute atomic E-state index is 11.5. The van der Waals surface area contributed by atoms with E-state index in [1.807, 2.05) is 0 Å². The van der Waals surface area contributed by atoms with Crippen molar-refractivity contribution in [3.63, 3.8) is 0 Å². The fraction of sp³-hybridized carbons (Fsp3) is 0.769. The quantitative estimate of drug-likeness (QED) is 0.447. The van der Waals surface area contributed by atoms with Crippen LogP contribution < -0.4 is 0 Å². The summed E-state index contributed by atoms with van der Waals surface area (Å²) in [7, 11) is 0. The van der Waals surface area contributed by atoms with E-state index in [9.17, 15) is 4.79 Å². The van der Waals surface area contributed by atoms with Gasteiger partial charge in [-0.3, -0.25) is 0 Å². The van der Waals surface area contributed by atoms with Crippen LogP contribution in [-0.4, -0.2) is 11.6 Å². The molecule has 0 aromatic heterocycles. The zero-order valence-corrected chi connectivity index (χ0v) is 8.87. The first kappa shape index (κ1) is 8.37. The zero-order chi connectivity index (χ0) is 10.2. The van der Waals surface area contributed by atoms with Gasteiger partial charge in [0.15, 0.2) is 0 Å². The Morgan fingerprint density at radius 2 is 2.00 bits per heavy atom. The van der Waals surface area contributed by atoms with Crippen molar-refractivity contribution in [2.24, 2.45) is 23.7 Å². The molecular weight excluding hydrogens is 188 g/mol. The standard InChI is InChI=1S/C13H16O2/c1-7-5-13(15-12(7)14)6-11-8-2-9(11)4-10(13)3-8/h8-11H,1-6H2/t8-,9-,10?,11?,13-/m1/s1. The Kier molecular flexibility index (Phi) is 1.29. The first-order valence-corrected chi connectivity index (χ1v) is 6.09. The third-order valence-corrected chi connectivity index (χ3v) is 5.41. The molecule has 15 heavy (non-hydrogen) atoms. The summed E-state index contributed by atoms with van der Waals surface area (Å²) in [5.41, 5.74) is 0.600. The minimum atomic E-state index is -0.128. The van der Waals surface area contributed by atoms with Gasteiger partial charge in [-0.1, -0.05) is 6.58 Å². The van der Waals surface area contributed by atoms with E-state index < -0.39 is 0 Å². The lowest BCUT2D eigenvalue weighted by molar-refractivity contribution is -0.200. The molecule has 6 rings (SSSR count). The number of rotatable bonds is 0. The average molecular weight is 204 g/mol. The van der Waals surface area contributed by atoms with Gasteiger partial charge in [-0.15, -0.1) is 0 Å². The molecule has 5 saturated carbocycles. The van der Waals surface area contributed by atoms with Crippen LogP contribution in [0.5, 0.6) is 0 Å². The fourth-order valence-corrected chi connectivity index (χ4v) is 4.69. The number of carbonyl (C=O) groups is 1. The maximum atomic E-state index is 11.5. The highest BCUT2D eigenvalue weighted by molar-refractivity contribution is 5.90. The van der Waals surface area contributed by atoms with Gasteiger partial charge in [-0.25, -0.2) is 4.79 Å². The number of hydrogen-bond donors (Lipinski definition) is 0. The van der Waals surface area contributed by atoms with Gasteiger partial charge in [0.05, 0.1) is 0 Å². The molecular formula is C13H16O2. The van der Waals surface area contributed by atoms with Gasteiger partial charge < -0.3 is 4.74 Å². The third-order valence-electron chi connectivity index (χ3n) is 5.41. The molecule has 0 aromatic rings. The van der Waals surface area contributed by atoms with Crippen molar-refractivity contribution < 1.29 is 9.53 Å². The van der Waals surface area contributed by atoms with E-state index in [1.54, 1.807) is 0 Å². The summed E-state index contributed by atoms with van der Waals surface area (Å²) in [6, 6.07) is 0. The summed E-state index contributed by atoms with van der Waals surface area (Å²) < 4.78 is 5.67. The van der Waals surface area contributed by atoms with Gasteiger partial charge >= 0.3 is 5.97 Å². The Labute approximate surface area is 89.7 Å². The molecule has 80 valence electrons. The normalized spacial score (nSPS) is 55.7. The number of carbonyl (C=O) groups excluding carboxylic acids is 1. The number of ether oxygens (including phenoxy) is 1. The van der Waals surface area contributed by atoms with E-state index in [0.29, 0.717) is 11.5 Å². The van der Waals surface area contributed by atoms with E-state index >= 15 is 0 Å². The van der Waals surface area contributed by atoms with E-state index in [4.69, 9.17) is 4.74 Å².